The van der Waals surface area contributed by atoms with Gasteiger partial charge >= 0.3 is 0 Å². The zero-order valence-electron chi connectivity index (χ0n) is 17.3. The summed E-state index contributed by atoms with van der Waals surface area (Å²) < 4.78 is 7.30. The highest BCUT2D eigenvalue weighted by molar-refractivity contribution is 5.92. The third kappa shape index (κ3) is 4.04. The minimum absolute atomic E-state index is 0.144. The van der Waals surface area contributed by atoms with Crippen LogP contribution in [-0.2, 0) is 17.9 Å². The fourth-order valence-electron chi connectivity index (χ4n) is 4.14. The first-order valence-corrected chi connectivity index (χ1v) is 10.3. The van der Waals surface area contributed by atoms with Crippen molar-refractivity contribution in [3.8, 4) is 0 Å². The van der Waals surface area contributed by atoms with Crippen molar-refractivity contribution in [1.82, 2.24) is 29.5 Å². The molecule has 156 valence electrons. The highest BCUT2D eigenvalue weighted by atomic mass is 16.3. The molecular formula is C20H28N6O3. The van der Waals surface area contributed by atoms with Crippen molar-refractivity contribution in [3.63, 3.8) is 0 Å². The average molecular weight is 400 g/mol. The maximum atomic E-state index is 12.6. The number of amides is 2. The lowest BCUT2D eigenvalue weighted by molar-refractivity contribution is -0.133. The Morgan fingerprint density at radius 2 is 1.90 bits per heavy atom. The molecule has 2 aliphatic rings. The standard InChI is InChI=1S/C20H28N6O3/c1-13(2)10-18(27)24-6-4-15(5-7-24)19-23-22-17-11-25(8-9-26(17)19)20(28)16-12-29-14(3)21-16/h12-13,15H,4-11H2,1-3H3. The lowest BCUT2D eigenvalue weighted by Gasteiger charge is -2.33. The van der Waals surface area contributed by atoms with Crippen LogP contribution >= 0.6 is 0 Å². The number of hydrogen-bond acceptors (Lipinski definition) is 6. The first-order chi connectivity index (χ1) is 13.9. The molecular weight excluding hydrogens is 372 g/mol. The largest absolute Gasteiger partial charge is 0.448 e. The Hall–Kier alpha value is -2.71. The van der Waals surface area contributed by atoms with Gasteiger partial charge in [-0.3, -0.25) is 9.59 Å². The maximum Gasteiger partial charge on any atom is 0.276 e. The van der Waals surface area contributed by atoms with Gasteiger partial charge in [-0.15, -0.1) is 10.2 Å². The molecule has 9 nitrogen and oxygen atoms in total. The number of aryl methyl sites for hydroxylation is 1. The van der Waals surface area contributed by atoms with Crippen LogP contribution in [0.5, 0.6) is 0 Å². The van der Waals surface area contributed by atoms with Gasteiger partial charge in [0.05, 0.1) is 6.54 Å². The summed E-state index contributed by atoms with van der Waals surface area (Å²) in [6.07, 6.45) is 3.82. The van der Waals surface area contributed by atoms with E-state index in [1.807, 2.05) is 4.90 Å². The van der Waals surface area contributed by atoms with E-state index in [9.17, 15) is 9.59 Å². The van der Waals surface area contributed by atoms with Gasteiger partial charge in [0.15, 0.2) is 17.4 Å². The van der Waals surface area contributed by atoms with Gasteiger partial charge in [0, 0.05) is 45.4 Å². The molecule has 1 saturated heterocycles. The number of carbonyl (C=O) groups excluding carboxylic acids is 2. The Labute approximate surface area is 170 Å². The molecule has 0 unspecified atom stereocenters. The van der Waals surface area contributed by atoms with Crippen molar-refractivity contribution in [1.29, 1.82) is 0 Å². The summed E-state index contributed by atoms with van der Waals surface area (Å²) in [5.41, 5.74) is 0.328. The van der Waals surface area contributed by atoms with E-state index in [1.165, 1.54) is 6.26 Å². The highest BCUT2D eigenvalue weighted by Crippen LogP contribution is 2.29. The molecule has 0 aliphatic carbocycles. The quantitative estimate of drug-likeness (QED) is 0.778. The molecule has 0 bridgehead atoms. The zero-order valence-corrected chi connectivity index (χ0v) is 17.3. The Balaban J connectivity index is 1.39. The number of carbonyl (C=O) groups is 2. The summed E-state index contributed by atoms with van der Waals surface area (Å²) >= 11 is 0. The number of piperidine rings is 1. The van der Waals surface area contributed by atoms with Gasteiger partial charge in [-0.1, -0.05) is 13.8 Å². The average Bonchev–Trinajstić information content (AvgIpc) is 3.32. The van der Waals surface area contributed by atoms with Crippen molar-refractivity contribution < 1.29 is 14.0 Å². The molecule has 0 radical (unpaired) electrons. The molecule has 4 heterocycles. The molecule has 2 aromatic heterocycles. The van der Waals surface area contributed by atoms with Crippen LogP contribution in [0.4, 0.5) is 0 Å². The SMILES string of the molecule is Cc1nc(C(=O)N2CCn3c(nnc3C3CCN(C(=O)CC(C)C)CC3)C2)co1. The smallest absolute Gasteiger partial charge is 0.276 e. The van der Waals surface area contributed by atoms with Crippen molar-refractivity contribution in [2.45, 2.75) is 59.0 Å². The van der Waals surface area contributed by atoms with Gasteiger partial charge in [-0.2, -0.15) is 0 Å². The summed E-state index contributed by atoms with van der Waals surface area (Å²) in [5.74, 6) is 3.07. The van der Waals surface area contributed by atoms with Crippen LogP contribution in [0.3, 0.4) is 0 Å². The number of likely N-dealkylation sites (tertiary alicyclic amines) is 1. The van der Waals surface area contributed by atoms with Crippen molar-refractivity contribution in [2.24, 2.45) is 5.92 Å². The van der Waals surface area contributed by atoms with Crippen LogP contribution in [-0.4, -0.2) is 61.0 Å². The Kier molecular flexibility index (Phi) is 5.38. The van der Waals surface area contributed by atoms with Gasteiger partial charge in [0.2, 0.25) is 5.91 Å². The molecule has 0 N–H and O–H groups in total. The molecule has 9 heteroatoms. The first kappa shape index (κ1) is 19.6. The molecule has 4 rings (SSSR count). The maximum absolute atomic E-state index is 12.6. The highest BCUT2D eigenvalue weighted by Gasteiger charge is 2.31. The van der Waals surface area contributed by atoms with Crippen LogP contribution < -0.4 is 0 Å². The normalized spacial score (nSPS) is 17.7. The molecule has 0 aromatic carbocycles. The van der Waals surface area contributed by atoms with Crippen molar-refractivity contribution >= 4 is 11.8 Å². The van der Waals surface area contributed by atoms with Gasteiger partial charge < -0.3 is 18.8 Å². The number of nitrogens with zero attached hydrogens (tertiary/aromatic N) is 6. The first-order valence-electron chi connectivity index (χ1n) is 10.3. The summed E-state index contributed by atoms with van der Waals surface area (Å²) in [6.45, 7) is 9.10. The van der Waals surface area contributed by atoms with Gasteiger partial charge in [-0.05, 0) is 18.8 Å². The second-order valence-corrected chi connectivity index (χ2v) is 8.36. The molecule has 0 spiro atoms. The number of fused-ring (bicyclic) bond motifs is 1. The van der Waals surface area contributed by atoms with Crippen molar-refractivity contribution in [2.75, 3.05) is 19.6 Å². The summed E-state index contributed by atoms with van der Waals surface area (Å²) in [5, 5.41) is 8.80. The van der Waals surface area contributed by atoms with E-state index in [4.69, 9.17) is 4.42 Å². The third-order valence-electron chi connectivity index (χ3n) is 5.70. The lowest BCUT2D eigenvalue weighted by atomic mass is 9.95. The molecule has 0 saturated carbocycles. The van der Waals surface area contributed by atoms with E-state index in [0.717, 1.165) is 37.6 Å². The molecule has 2 aromatic rings. The van der Waals surface area contributed by atoms with E-state index in [0.29, 0.717) is 49.5 Å². The van der Waals surface area contributed by atoms with Crippen LogP contribution in [0.25, 0.3) is 0 Å². The van der Waals surface area contributed by atoms with Gasteiger partial charge in [0.25, 0.3) is 5.91 Å². The van der Waals surface area contributed by atoms with E-state index in [2.05, 4.69) is 33.6 Å². The van der Waals surface area contributed by atoms with E-state index < -0.39 is 0 Å². The Morgan fingerprint density at radius 3 is 2.55 bits per heavy atom. The van der Waals surface area contributed by atoms with Crippen LogP contribution in [0.15, 0.2) is 10.7 Å². The molecule has 29 heavy (non-hydrogen) atoms. The monoisotopic (exact) mass is 400 g/mol. The van der Waals surface area contributed by atoms with Crippen LogP contribution in [0, 0.1) is 12.8 Å². The number of rotatable bonds is 4. The third-order valence-corrected chi connectivity index (χ3v) is 5.70. The minimum atomic E-state index is -0.144. The predicted octanol–water partition coefficient (Wildman–Crippen LogP) is 1.98. The molecule has 2 amide bonds. The van der Waals surface area contributed by atoms with E-state index >= 15 is 0 Å². The van der Waals surface area contributed by atoms with Gasteiger partial charge in [0.1, 0.15) is 12.1 Å². The Bertz CT molecular complexity index is 894. The fraction of sp³-hybridized carbons (Fsp3) is 0.650. The van der Waals surface area contributed by atoms with E-state index in [1.54, 1.807) is 11.8 Å². The summed E-state index contributed by atoms with van der Waals surface area (Å²) in [6, 6.07) is 0. The molecule has 0 atom stereocenters. The van der Waals surface area contributed by atoms with Crippen LogP contribution in [0.2, 0.25) is 0 Å². The zero-order chi connectivity index (χ0) is 20.5. The lowest BCUT2D eigenvalue weighted by Crippen LogP contribution is -2.40. The summed E-state index contributed by atoms with van der Waals surface area (Å²) in [7, 11) is 0. The van der Waals surface area contributed by atoms with Gasteiger partial charge in [-0.25, -0.2) is 4.98 Å². The second kappa shape index (κ2) is 7.96. The number of aromatic nitrogens is 4. The number of hydrogen-bond donors (Lipinski definition) is 0. The minimum Gasteiger partial charge on any atom is -0.448 e. The van der Waals surface area contributed by atoms with Crippen molar-refractivity contribution in [3.05, 3.63) is 29.5 Å². The predicted molar refractivity (Wildman–Crippen MR) is 104 cm³/mol. The number of oxazole rings is 1. The van der Waals surface area contributed by atoms with E-state index in [-0.39, 0.29) is 11.8 Å². The Morgan fingerprint density at radius 1 is 1.14 bits per heavy atom. The second-order valence-electron chi connectivity index (χ2n) is 8.36. The molecule has 1 fully saturated rings. The fourth-order valence-corrected chi connectivity index (χ4v) is 4.14. The molecule has 2 aliphatic heterocycles. The summed E-state index contributed by atoms with van der Waals surface area (Å²) in [4.78, 5) is 32.7. The van der Waals surface area contributed by atoms with Crippen LogP contribution in [0.1, 0.15) is 67.1 Å². The topological polar surface area (TPSA) is 97.4 Å².